The lowest BCUT2D eigenvalue weighted by molar-refractivity contribution is -0.125. The highest BCUT2D eigenvalue weighted by atomic mass is 16.7. The van der Waals surface area contributed by atoms with Gasteiger partial charge in [0, 0.05) is 0 Å². The summed E-state index contributed by atoms with van der Waals surface area (Å²) in [5.74, 6) is 0. The van der Waals surface area contributed by atoms with Crippen LogP contribution >= 0.6 is 0 Å². The van der Waals surface area contributed by atoms with Gasteiger partial charge in [-0.05, 0) is 6.42 Å². The first-order valence-corrected chi connectivity index (χ1v) is 3.73. The predicted molar refractivity (Wildman–Crippen MR) is 42.5 cm³/mol. The highest BCUT2D eigenvalue weighted by molar-refractivity contribution is 5.69. The minimum atomic E-state index is -0.967. The van der Waals surface area contributed by atoms with Crippen molar-refractivity contribution in [3.05, 3.63) is 12.2 Å². The fourth-order valence-electron chi connectivity index (χ4n) is 0.542. The standard InChI is InChI=1S/C8H12O4/c1-2-3-4-5-6-11-8(10)12-7-9/h4-5,7H,2-3,6H2,1H3/b5-4+. The molecule has 0 bridgehead atoms. The van der Waals surface area contributed by atoms with Crippen LogP contribution in [0.25, 0.3) is 0 Å². The fourth-order valence-corrected chi connectivity index (χ4v) is 0.542. The maximum absolute atomic E-state index is 10.4. The van der Waals surface area contributed by atoms with Gasteiger partial charge >= 0.3 is 12.6 Å². The van der Waals surface area contributed by atoms with Gasteiger partial charge in [0.15, 0.2) is 0 Å². The molecule has 4 nitrogen and oxygen atoms in total. The van der Waals surface area contributed by atoms with Crippen LogP contribution in [-0.2, 0) is 14.3 Å². The molecule has 0 rings (SSSR count). The lowest BCUT2D eigenvalue weighted by Gasteiger charge is -1.95. The van der Waals surface area contributed by atoms with Gasteiger partial charge in [-0.3, -0.25) is 4.79 Å². The van der Waals surface area contributed by atoms with Crippen molar-refractivity contribution in [2.45, 2.75) is 19.8 Å². The van der Waals surface area contributed by atoms with E-state index in [-0.39, 0.29) is 13.1 Å². The molecule has 0 aromatic rings. The summed E-state index contributed by atoms with van der Waals surface area (Å²) in [4.78, 5) is 20.0. The molecule has 0 atom stereocenters. The fraction of sp³-hybridized carbons (Fsp3) is 0.500. The molecule has 0 aliphatic carbocycles. The van der Waals surface area contributed by atoms with Crippen LogP contribution in [0.2, 0.25) is 0 Å². The van der Waals surface area contributed by atoms with E-state index in [1.54, 1.807) is 6.08 Å². The summed E-state index contributed by atoms with van der Waals surface area (Å²) in [6, 6.07) is 0. The Labute approximate surface area is 71.2 Å². The molecule has 0 aromatic heterocycles. The quantitative estimate of drug-likeness (QED) is 0.274. The second kappa shape index (κ2) is 7.78. The zero-order valence-electron chi connectivity index (χ0n) is 6.99. The minimum Gasteiger partial charge on any atom is -0.430 e. The Morgan fingerprint density at radius 2 is 2.17 bits per heavy atom. The Kier molecular flexibility index (Phi) is 6.93. The van der Waals surface area contributed by atoms with E-state index in [1.807, 2.05) is 13.0 Å². The maximum atomic E-state index is 10.4. The summed E-state index contributed by atoms with van der Waals surface area (Å²) in [7, 11) is 0. The van der Waals surface area contributed by atoms with E-state index in [0.29, 0.717) is 0 Å². The van der Waals surface area contributed by atoms with E-state index >= 15 is 0 Å². The molecule has 4 heteroatoms. The summed E-state index contributed by atoms with van der Waals surface area (Å²) in [6.45, 7) is 2.23. The molecule has 0 amide bonds. The number of allylic oxidation sites excluding steroid dienone is 1. The molecule has 0 unspecified atom stereocenters. The second-order valence-corrected chi connectivity index (χ2v) is 2.04. The van der Waals surface area contributed by atoms with Gasteiger partial charge in [0.1, 0.15) is 6.61 Å². The van der Waals surface area contributed by atoms with Crippen LogP contribution in [0.15, 0.2) is 12.2 Å². The Balaban J connectivity index is 3.29. The minimum absolute atomic E-state index is 0.0398. The zero-order chi connectivity index (χ0) is 9.23. The number of rotatable bonds is 5. The van der Waals surface area contributed by atoms with Gasteiger partial charge in [-0.1, -0.05) is 25.5 Å². The number of hydrogen-bond donors (Lipinski definition) is 0. The Hall–Kier alpha value is -1.32. The van der Waals surface area contributed by atoms with Gasteiger partial charge in [-0.15, -0.1) is 0 Å². The lowest BCUT2D eigenvalue weighted by atomic mass is 10.3. The first-order chi connectivity index (χ1) is 5.81. The largest absolute Gasteiger partial charge is 0.516 e. The number of unbranched alkanes of at least 4 members (excludes halogenated alkanes) is 1. The molecular weight excluding hydrogens is 160 g/mol. The third-order valence-corrected chi connectivity index (χ3v) is 1.06. The number of carbonyl (C=O) groups is 2. The van der Waals surface area contributed by atoms with Gasteiger partial charge in [0.05, 0.1) is 0 Å². The van der Waals surface area contributed by atoms with Crippen molar-refractivity contribution in [3.8, 4) is 0 Å². The first-order valence-electron chi connectivity index (χ1n) is 3.73. The van der Waals surface area contributed by atoms with Crippen LogP contribution in [0.4, 0.5) is 4.79 Å². The van der Waals surface area contributed by atoms with Crippen molar-refractivity contribution in [1.29, 1.82) is 0 Å². The van der Waals surface area contributed by atoms with Gasteiger partial charge in [-0.25, -0.2) is 4.79 Å². The van der Waals surface area contributed by atoms with E-state index in [0.717, 1.165) is 12.8 Å². The van der Waals surface area contributed by atoms with Crippen LogP contribution in [0.3, 0.4) is 0 Å². The molecule has 0 N–H and O–H groups in total. The van der Waals surface area contributed by atoms with Crippen molar-refractivity contribution in [2.75, 3.05) is 6.61 Å². The molecule has 0 aliphatic rings. The van der Waals surface area contributed by atoms with Crippen LogP contribution in [-0.4, -0.2) is 19.2 Å². The zero-order valence-corrected chi connectivity index (χ0v) is 6.99. The van der Waals surface area contributed by atoms with Gasteiger partial charge in [0.2, 0.25) is 0 Å². The van der Waals surface area contributed by atoms with Crippen LogP contribution in [0.1, 0.15) is 19.8 Å². The molecular formula is C8H12O4. The second-order valence-electron chi connectivity index (χ2n) is 2.04. The summed E-state index contributed by atoms with van der Waals surface area (Å²) in [5, 5.41) is 0. The molecule has 0 aliphatic heterocycles. The molecule has 0 radical (unpaired) electrons. The topological polar surface area (TPSA) is 52.6 Å². The molecule has 12 heavy (non-hydrogen) atoms. The van der Waals surface area contributed by atoms with E-state index in [4.69, 9.17) is 0 Å². The Morgan fingerprint density at radius 1 is 1.42 bits per heavy atom. The lowest BCUT2D eigenvalue weighted by Crippen LogP contribution is -2.05. The summed E-state index contributed by atoms with van der Waals surface area (Å²) < 4.78 is 8.32. The maximum Gasteiger partial charge on any atom is 0.516 e. The molecule has 0 saturated heterocycles. The summed E-state index contributed by atoms with van der Waals surface area (Å²) >= 11 is 0. The summed E-state index contributed by atoms with van der Waals surface area (Å²) in [6.07, 6.45) is 4.64. The Bertz CT molecular complexity index is 162. The van der Waals surface area contributed by atoms with Crippen LogP contribution < -0.4 is 0 Å². The first kappa shape index (κ1) is 10.7. The van der Waals surface area contributed by atoms with Crippen molar-refractivity contribution in [2.24, 2.45) is 0 Å². The highest BCUT2D eigenvalue weighted by Crippen LogP contribution is 1.89. The van der Waals surface area contributed by atoms with Crippen LogP contribution in [0.5, 0.6) is 0 Å². The third-order valence-electron chi connectivity index (χ3n) is 1.06. The SMILES string of the molecule is CCC/C=C/COC(=O)OC=O. The highest BCUT2D eigenvalue weighted by Gasteiger charge is 1.98. The third kappa shape index (κ3) is 6.80. The number of hydrogen-bond acceptors (Lipinski definition) is 4. The van der Waals surface area contributed by atoms with Gasteiger partial charge in [0.25, 0.3) is 0 Å². The average molecular weight is 172 g/mol. The number of ether oxygens (including phenoxy) is 2. The molecule has 0 saturated carbocycles. The monoisotopic (exact) mass is 172 g/mol. The number of carbonyl (C=O) groups excluding carboxylic acids is 2. The average Bonchev–Trinajstić information content (AvgIpc) is 2.05. The molecule has 68 valence electrons. The van der Waals surface area contributed by atoms with E-state index in [2.05, 4.69) is 9.47 Å². The van der Waals surface area contributed by atoms with Crippen molar-refractivity contribution < 1.29 is 19.1 Å². The molecule has 0 spiro atoms. The van der Waals surface area contributed by atoms with Crippen molar-refractivity contribution >= 4 is 12.6 Å². The Morgan fingerprint density at radius 3 is 2.75 bits per heavy atom. The molecule has 0 aromatic carbocycles. The molecule has 0 fully saturated rings. The van der Waals surface area contributed by atoms with Crippen LogP contribution in [0, 0.1) is 0 Å². The normalized spacial score (nSPS) is 9.75. The van der Waals surface area contributed by atoms with E-state index in [9.17, 15) is 9.59 Å². The molecule has 0 heterocycles. The predicted octanol–water partition coefficient (Wildman–Crippen LogP) is 1.65. The summed E-state index contributed by atoms with van der Waals surface area (Å²) in [5.41, 5.74) is 0. The van der Waals surface area contributed by atoms with Crippen molar-refractivity contribution in [1.82, 2.24) is 0 Å². The van der Waals surface area contributed by atoms with Crippen molar-refractivity contribution in [3.63, 3.8) is 0 Å². The van der Waals surface area contributed by atoms with Gasteiger partial charge in [-0.2, -0.15) is 0 Å². The van der Waals surface area contributed by atoms with E-state index in [1.165, 1.54) is 0 Å². The smallest absolute Gasteiger partial charge is 0.430 e. The van der Waals surface area contributed by atoms with E-state index < -0.39 is 6.16 Å². The van der Waals surface area contributed by atoms with Gasteiger partial charge < -0.3 is 9.47 Å².